The zero-order valence-electron chi connectivity index (χ0n) is 47.8. The highest BCUT2D eigenvalue weighted by Crippen LogP contribution is 2.19. The third-order valence-electron chi connectivity index (χ3n) is 12.1. The Labute approximate surface area is 531 Å². The quantitative estimate of drug-likeness (QED) is 0.0273. The topological polar surface area (TPSA) is 262 Å². The van der Waals surface area contributed by atoms with Crippen LogP contribution in [0, 0.1) is 0 Å². The number of benzene rings is 1. The number of carbonyl (C=O) groups is 8. The zero-order valence-corrected chi connectivity index (χ0v) is 54.3. The molecule has 22 nitrogen and oxygen atoms in total. The van der Waals surface area contributed by atoms with Gasteiger partial charge in [0.25, 0.3) is 0 Å². The number of aromatic nitrogens is 1. The minimum Gasteiger partial charge on any atom is -0.463 e. The molecular formula is C54H78N10O12S8. The van der Waals surface area contributed by atoms with Crippen LogP contribution in [0.2, 0.25) is 0 Å². The molecule has 0 unspecified atom stereocenters. The van der Waals surface area contributed by atoms with Crippen LogP contribution in [-0.4, -0.2) is 227 Å². The Morgan fingerprint density at radius 2 is 1.04 bits per heavy atom. The van der Waals surface area contributed by atoms with Gasteiger partial charge in [-0.15, -0.1) is 0 Å². The summed E-state index contributed by atoms with van der Waals surface area (Å²) in [6.45, 7) is 6.30. The molecular weight excluding hydrogens is 1240 g/mol. The van der Waals surface area contributed by atoms with E-state index in [9.17, 15) is 43.5 Å². The number of thioether (sulfide) groups is 4. The van der Waals surface area contributed by atoms with E-state index in [0.29, 0.717) is 29.8 Å². The molecule has 5 N–H and O–H groups in total. The van der Waals surface area contributed by atoms with Gasteiger partial charge >= 0.3 is 17.9 Å². The average Bonchev–Trinajstić information content (AvgIpc) is 3.59. The number of thiocarbonyl (C=S) groups is 4. The predicted octanol–water partition coefficient (Wildman–Crippen LogP) is 4.47. The summed E-state index contributed by atoms with van der Waals surface area (Å²) >= 11 is 26.5. The molecule has 0 saturated heterocycles. The Balaban J connectivity index is 1.58. The van der Waals surface area contributed by atoms with Gasteiger partial charge < -0.3 is 65.1 Å². The van der Waals surface area contributed by atoms with Crippen LogP contribution in [0.5, 0.6) is 0 Å². The van der Waals surface area contributed by atoms with E-state index in [1.807, 2.05) is 51.1 Å². The first-order valence-electron chi connectivity index (χ1n) is 27.5. The number of anilines is 1. The van der Waals surface area contributed by atoms with Gasteiger partial charge in [0.1, 0.15) is 42.9 Å². The van der Waals surface area contributed by atoms with Crippen molar-refractivity contribution in [1.29, 1.82) is 0 Å². The van der Waals surface area contributed by atoms with Gasteiger partial charge in [-0.1, -0.05) is 165 Å². The molecule has 0 aliphatic heterocycles. The summed E-state index contributed by atoms with van der Waals surface area (Å²) in [5.41, 5.74) is 0.868. The van der Waals surface area contributed by atoms with Crippen molar-refractivity contribution < 1.29 is 57.7 Å². The highest BCUT2D eigenvalue weighted by molar-refractivity contribution is 8.24. The summed E-state index contributed by atoms with van der Waals surface area (Å²) in [6, 6.07) is 14.3. The van der Waals surface area contributed by atoms with Crippen LogP contribution in [0.4, 0.5) is 5.82 Å². The van der Waals surface area contributed by atoms with Gasteiger partial charge in [-0.05, 0) is 50.8 Å². The first kappa shape index (κ1) is 73.3. The number of unbranched alkanes of at least 4 members (excludes halogenated alkanes) is 1. The minimum atomic E-state index is -0.658. The number of amides is 5. The van der Waals surface area contributed by atoms with Gasteiger partial charge in [-0.25, -0.2) is 4.98 Å². The molecule has 2 aromatic rings. The number of esters is 3. The van der Waals surface area contributed by atoms with Crippen LogP contribution in [0.1, 0.15) is 71.3 Å². The fourth-order valence-electron chi connectivity index (χ4n) is 7.66. The van der Waals surface area contributed by atoms with Gasteiger partial charge in [0, 0.05) is 45.0 Å². The van der Waals surface area contributed by atoms with Crippen LogP contribution in [0.15, 0.2) is 54.7 Å². The van der Waals surface area contributed by atoms with Gasteiger partial charge in [0.05, 0.1) is 75.4 Å². The summed E-state index contributed by atoms with van der Waals surface area (Å²) in [7, 11) is 0. The van der Waals surface area contributed by atoms with E-state index in [0.717, 1.165) is 97.6 Å². The number of ether oxygens (including phenoxy) is 3. The molecule has 1 aromatic heterocycles. The monoisotopic (exact) mass is 1310 g/mol. The number of aliphatic hydroxyl groups is 1. The van der Waals surface area contributed by atoms with Crippen LogP contribution in [0.25, 0.3) is 0 Å². The Morgan fingerprint density at radius 3 is 1.51 bits per heavy atom. The number of hydrogen-bond donors (Lipinski definition) is 5. The lowest BCUT2D eigenvalue weighted by molar-refractivity contribution is -0.141. The maximum absolute atomic E-state index is 13.4. The van der Waals surface area contributed by atoms with Crippen molar-refractivity contribution in [3.63, 3.8) is 0 Å². The third-order valence-corrected chi connectivity index (χ3v) is 18.1. The maximum atomic E-state index is 13.4. The van der Waals surface area contributed by atoms with E-state index in [2.05, 4.69) is 26.3 Å². The molecule has 0 atom stereocenters. The zero-order chi connectivity index (χ0) is 61.5. The maximum Gasteiger partial charge on any atom is 0.316 e. The summed E-state index contributed by atoms with van der Waals surface area (Å²) < 4.78 is 17.4. The average molecular weight is 1320 g/mol. The third kappa shape index (κ3) is 32.0. The van der Waals surface area contributed by atoms with E-state index in [4.69, 9.17) is 63.1 Å². The lowest BCUT2D eigenvalue weighted by Gasteiger charge is -2.27. The van der Waals surface area contributed by atoms with Crippen molar-refractivity contribution in [1.82, 2.24) is 45.4 Å². The SMILES string of the molecule is CCCCNC(=O)CN(CCOC(=O)CSC(=S)N(CCOC(=O)CSC(=S)N(CCOC(=O)CSC(=S)N(CCO)CC(=O)Nc1ccccn1)CC(=O)NCc1ccccc1)CC(=O)NC1CCCCC1)C(=S)SCC(=O)N(CC)CC. The van der Waals surface area contributed by atoms with Crippen LogP contribution in [-0.2, 0) is 59.1 Å². The van der Waals surface area contributed by atoms with E-state index in [-0.39, 0.29) is 151 Å². The number of carbonyl (C=O) groups excluding carboxylic acids is 8. The predicted molar refractivity (Wildman–Crippen MR) is 348 cm³/mol. The molecule has 5 amide bonds. The van der Waals surface area contributed by atoms with E-state index >= 15 is 0 Å². The van der Waals surface area contributed by atoms with Crippen molar-refractivity contribution in [2.75, 3.05) is 127 Å². The summed E-state index contributed by atoms with van der Waals surface area (Å²) in [5, 5.41) is 21.0. The van der Waals surface area contributed by atoms with Crippen molar-refractivity contribution in [3.05, 3.63) is 60.3 Å². The Morgan fingerprint density at radius 1 is 0.571 bits per heavy atom. The molecule has 3 rings (SSSR count). The van der Waals surface area contributed by atoms with E-state index in [1.165, 1.54) is 16.0 Å². The van der Waals surface area contributed by atoms with Gasteiger partial charge in [0.2, 0.25) is 29.5 Å². The van der Waals surface area contributed by atoms with Crippen LogP contribution < -0.4 is 21.3 Å². The summed E-state index contributed by atoms with van der Waals surface area (Å²) in [6.07, 6.45) is 8.04. The van der Waals surface area contributed by atoms with E-state index in [1.54, 1.807) is 32.9 Å². The smallest absolute Gasteiger partial charge is 0.316 e. The second-order valence-corrected chi connectivity index (χ2v) is 24.9. The molecule has 464 valence electrons. The number of rotatable bonds is 36. The number of nitrogens with one attached hydrogen (secondary N) is 4. The standard InChI is InChI=1S/C54H78N10O12S8/c1-4-7-21-56-43(66)32-62(52(78)81-36-47(70)60(5-2)6-3)24-28-74-50(73)39-84-54(80)64(34-45(68)58-41-18-12-9-13-19-41)26-30-76-49(72)38-83-53(79)63(33-44(67)57-31-40-16-10-8-11-17-40)25-29-75-48(71)37-82-51(77)61(23-27-65)35-46(69)59-42-20-14-15-22-55-42/h8,10-11,14-17,20,22,41,65H,4-7,9,12-13,18-19,21,23-39H2,1-3H3,(H,56,66)(H,57,67)(H,58,68)(H,55,59,69). The lowest BCUT2D eigenvalue weighted by Crippen LogP contribution is -2.45. The Kier molecular flexibility index (Phi) is 38.1. The highest BCUT2D eigenvalue weighted by Gasteiger charge is 2.24. The number of pyridine rings is 1. The fourth-order valence-corrected chi connectivity index (χ4v) is 11.7. The first-order chi connectivity index (χ1) is 40.4. The van der Waals surface area contributed by atoms with Crippen LogP contribution >= 0.6 is 95.9 Å². The molecule has 1 heterocycles. The molecule has 1 aliphatic rings. The largest absolute Gasteiger partial charge is 0.463 e. The van der Waals surface area contributed by atoms with E-state index < -0.39 is 23.8 Å². The molecule has 1 aliphatic carbocycles. The number of aliphatic hydroxyl groups excluding tert-OH is 1. The van der Waals surface area contributed by atoms with Gasteiger partial charge in [0.15, 0.2) is 0 Å². The molecule has 1 aromatic carbocycles. The van der Waals surface area contributed by atoms with Crippen molar-refractivity contribution in [2.24, 2.45) is 0 Å². The molecule has 0 bridgehead atoms. The normalized spacial score (nSPS) is 11.9. The number of nitrogens with zero attached hydrogens (tertiary/aromatic N) is 6. The minimum absolute atomic E-state index is 0.00381. The van der Waals surface area contributed by atoms with Gasteiger partial charge in [-0.3, -0.25) is 38.4 Å². The molecule has 1 fully saturated rings. The van der Waals surface area contributed by atoms with Crippen LogP contribution in [0.3, 0.4) is 0 Å². The van der Waals surface area contributed by atoms with Crippen molar-refractivity contribution in [3.8, 4) is 0 Å². The second kappa shape index (κ2) is 43.6. The molecule has 1 saturated carbocycles. The Bertz CT molecular complexity index is 2450. The first-order valence-corrected chi connectivity index (χ1v) is 33.1. The van der Waals surface area contributed by atoms with Crippen molar-refractivity contribution in [2.45, 2.75) is 78.3 Å². The lowest BCUT2D eigenvalue weighted by atomic mass is 9.95. The summed E-state index contributed by atoms with van der Waals surface area (Å²) in [4.78, 5) is 116. The summed E-state index contributed by atoms with van der Waals surface area (Å²) in [5.74, 6) is -3.60. The molecule has 84 heavy (non-hydrogen) atoms. The molecule has 30 heteroatoms. The fraction of sp³-hybridized carbons (Fsp3) is 0.574. The second-order valence-electron chi connectivity index (χ2n) is 18.5. The number of hydrogen-bond acceptors (Lipinski definition) is 21. The molecule has 0 spiro atoms. The molecule has 0 radical (unpaired) electrons. The Hall–Kier alpha value is -4.95. The van der Waals surface area contributed by atoms with Gasteiger partial charge in [-0.2, -0.15) is 0 Å². The van der Waals surface area contributed by atoms with Crippen molar-refractivity contribution >= 4 is 166 Å². The highest BCUT2D eigenvalue weighted by atomic mass is 32.2.